The molecule has 100 valence electrons. The number of nitrogen functional groups attached to an aromatic ring is 1. The van der Waals surface area contributed by atoms with Gasteiger partial charge in [0.05, 0.1) is 22.4 Å². The fourth-order valence-electron chi connectivity index (χ4n) is 2.06. The van der Waals surface area contributed by atoms with Crippen molar-refractivity contribution in [1.82, 2.24) is 0 Å². The van der Waals surface area contributed by atoms with Crippen LogP contribution in [0.4, 0.5) is 15.8 Å². The summed E-state index contributed by atoms with van der Waals surface area (Å²) >= 11 is 6.01. The van der Waals surface area contributed by atoms with Gasteiger partial charge in [0.15, 0.2) is 0 Å². The first-order valence-electron chi connectivity index (χ1n) is 6.03. The molecule has 2 aromatic carbocycles. The number of nitrogens with two attached hydrogens (primary N) is 1. The van der Waals surface area contributed by atoms with Crippen LogP contribution in [0.3, 0.4) is 0 Å². The van der Waals surface area contributed by atoms with Crippen molar-refractivity contribution in [1.29, 1.82) is 0 Å². The third-order valence-electron chi connectivity index (χ3n) is 3.35. The van der Waals surface area contributed by atoms with Crippen LogP contribution in [-0.2, 0) is 0 Å². The van der Waals surface area contributed by atoms with Crippen LogP contribution < -0.4 is 10.6 Å². The van der Waals surface area contributed by atoms with Gasteiger partial charge in [0, 0.05) is 12.6 Å². The summed E-state index contributed by atoms with van der Waals surface area (Å²) in [7, 11) is 1.87. The second kappa shape index (κ2) is 5.49. The molecule has 0 saturated heterocycles. The van der Waals surface area contributed by atoms with E-state index in [1.165, 1.54) is 6.07 Å². The minimum absolute atomic E-state index is 0.137. The van der Waals surface area contributed by atoms with Gasteiger partial charge in [-0.15, -0.1) is 0 Å². The van der Waals surface area contributed by atoms with Crippen LogP contribution in [-0.4, -0.2) is 7.05 Å². The maximum atomic E-state index is 13.8. The smallest absolute Gasteiger partial charge is 0.128 e. The van der Waals surface area contributed by atoms with E-state index < -0.39 is 0 Å². The van der Waals surface area contributed by atoms with Crippen molar-refractivity contribution in [3.8, 4) is 0 Å². The molecular formula is C15H16ClFN2. The molecule has 0 fully saturated rings. The quantitative estimate of drug-likeness (QED) is 0.850. The van der Waals surface area contributed by atoms with Gasteiger partial charge in [0.25, 0.3) is 0 Å². The summed E-state index contributed by atoms with van der Waals surface area (Å²) in [5.74, 6) is -0.220. The Bertz CT molecular complexity index is 586. The second-order valence-electron chi connectivity index (χ2n) is 4.48. The fraction of sp³-hybridized carbons (Fsp3) is 0.200. The minimum Gasteiger partial charge on any atom is -0.396 e. The molecule has 0 spiro atoms. The third-order valence-corrected chi connectivity index (χ3v) is 3.68. The maximum Gasteiger partial charge on any atom is 0.128 e. The summed E-state index contributed by atoms with van der Waals surface area (Å²) in [6, 6.07) is 12.0. The molecule has 4 heteroatoms. The Balaban J connectivity index is 2.37. The zero-order chi connectivity index (χ0) is 14.0. The van der Waals surface area contributed by atoms with E-state index in [9.17, 15) is 4.39 Å². The Morgan fingerprint density at radius 1 is 1.16 bits per heavy atom. The van der Waals surface area contributed by atoms with Crippen molar-refractivity contribution < 1.29 is 4.39 Å². The molecule has 1 atom stereocenters. The molecule has 2 N–H and O–H groups in total. The summed E-state index contributed by atoms with van der Waals surface area (Å²) in [4.78, 5) is 1.92. The molecule has 0 aliphatic carbocycles. The molecule has 19 heavy (non-hydrogen) atoms. The monoisotopic (exact) mass is 278 g/mol. The molecule has 0 aromatic heterocycles. The van der Waals surface area contributed by atoms with Gasteiger partial charge in [-0.2, -0.15) is 0 Å². The molecule has 0 bridgehead atoms. The van der Waals surface area contributed by atoms with Crippen molar-refractivity contribution >= 4 is 23.0 Å². The molecule has 0 heterocycles. The molecule has 0 aliphatic heterocycles. The average Bonchev–Trinajstić information content (AvgIpc) is 2.41. The van der Waals surface area contributed by atoms with Crippen molar-refractivity contribution in [3.05, 3.63) is 58.9 Å². The van der Waals surface area contributed by atoms with Gasteiger partial charge in [-0.3, -0.25) is 0 Å². The molecule has 2 rings (SSSR count). The number of rotatable bonds is 3. The van der Waals surface area contributed by atoms with Crippen molar-refractivity contribution in [2.45, 2.75) is 13.0 Å². The van der Waals surface area contributed by atoms with Gasteiger partial charge in [0.1, 0.15) is 5.82 Å². The summed E-state index contributed by atoms with van der Waals surface area (Å²) in [6.45, 7) is 1.93. The standard InChI is InChI=1S/C15H16ClFN2/c1-10(11-6-3-4-8-13(11)17)19(2)14-9-5-7-12(16)15(14)18/h3-10H,18H2,1-2H3. The van der Waals surface area contributed by atoms with Crippen molar-refractivity contribution in [2.24, 2.45) is 0 Å². The average molecular weight is 279 g/mol. The highest BCUT2D eigenvalue weighted by Crippen LogP contribution is 2.34. The molecule has 0 saturated carbocycles. The summed E-state index contributed by atoms with van der Waals surface area (Å²) in [5.41, 5.74) is 7.90. The summed E-state index contributed by atoms with van der Waals surface area (Å²) < 4.78 is 13.8. The Kier molecular flexibility index (Phi) is 3.96. The van der Waals surface area contributed by atoms with E-state index in [2.05, 4.69) is 0 Å². The normalized spacial score (nSPS) is 12.2. The lowest BCUT2D eigenvalue weighted by atomic mass is 10.1. The van der Waals surface area contributed by atoms with Crippen LogP contribution >= 0.6 is 11.6 Å². The summed E-state index contributed by atoms with van der Waals surface area (Å²) in [6.07, 6.45) is 0. The lowest BCUT2D eigenvalue weighted by Crippen LogP contribution is -2.23. The van der Waals surface area contributed by atoms with Gasteiger partial charge < -0.3 is 10.6 Å². The van der Waals surface area contributed by atoms with E-state index in [1.807, 2.05) is 37.1 Å². The number of anilines is 2. The lowest BCUT2D eigenvalue weighted by Gasteiger charge is -2.29. The molecule has 1 unspecified atom stereocenters. The fourth-order valence-corrected chi connectivity index (χ4v) is 2.23. The number of hydrogen-bond donors (Lipinski definition) is 1. The lowest BCUT2D eigenvalue weighted by molar-refractivity contribution is 0.585. The third kappa shape index (κ3) is 2.66. The zero-order valence-electron chi connectivity index (χ0n) is 10.9. The van der Waals surface area contributed by atoms with Crippen LogP contribution in [0, 0.1) is 5.82 Å². The van der Waals surface area contributed by atoms with Gasteiger partial charge in [-0.1, -0.05) is 35.9 Å². The van der Waals surface area contributed by atoms with E-state index >= 15 is 0 Å². The molecule has 2 nitrogen and oxygen atoms in total. The Morgan fingerprint density at radius 2 is 1.84 bits per heavy atom. The van der Waals surface area contributed by atoms with E-state index in [0.29, 0.717) is 16.3 Å². The van der Waals surface area contributed by atoms with Crippen molar-refractivity contribution in [3.63, 3.8) is 0 Å². The topological polar surface area (TPSA) is 29.3 Å². The number of halogens is 2. The van der Waals surface area contributed by atoms with Crippen molar-refractivity contribution in [2.75, 3.05) is 17.7 Å². The number of benzene rings is 2. The first-order chi connectivity index (χ1) is 9.02. The van der Waals surface area contributed by atoms with E-state index in [4.69, 9.17) is 17.3 Å². The summed E-state index contributed by atoms with van der Waals surface area (Å²) in [5, 5.41) is 0.505. The van der Waals surface area contributed by atoms with E-state index in [0.717, 1.165) is 5.69 Å². The van der Waals surface area contributed by atoms with Crippen LogP contribution in [0.15, 0.2) is 42.5 Å². The van der Waals surface area contributed by atoms with Crippen LogP contribution in [0.2, 0.25) is 5.02 Å². The van der Waals surface area contributed by atoms with Crippen LogP contribution in [0.25, 0.3) is 0 Å². The van der Waals surface area contributed by atoms with Gasteiger partial charge in [-0.25, -0.2) is 4.39 Å². The predicted octanol–water partition coefficient (Wildman–Crippen LogP) is 4.26. The first-order valence-corrected chi connectivity index (χ1v) is 6.41. The SMILES string of the molecule is CC(c1ccccc1F)N(C)c1cccc(Cl)c1N. The van der Waals surface area contributed by atoms with Gasteiger partial charge in [-0.05, 0) is 25.1 Å². The molecular weight excluding hydrogens is 263 g/mol. The van der Waals surface area contributed by atoms with Crippen LogP contribution in [0.1, 0.15) is 18.5 Å². The zero-order valence-corrected chi connectivity index (χ0v) is 11.7. The molecule has 2 aromatic rings. The van der Waals surface area contributed by atoms with Gasteiger partial charge >= 0.3 is 0 Å². The molecule has 0 aliphatic rings. The largest absolute Gasteiger partial charge is 0.396 e. The second-order valence-corrected chi connectivity index (χ2v) is 4.89. The minimum atomic E-state index is -0.220. The Hall–Kier alpha value is -1.74. The first kappa shape index (κ1) is 13.7. The number of hydrogen-bond acceptors (Lipinski definition) is 2. The van der Waals surface area contributed by atoms with E-state index in [-0.39, 0.29) is 11.9 Å². The highest BCUT2D eigenvalue weighted by molar-refractivity contribution is 6.33. The highest BCUT2D eigenvalue weighted by Gasteiger charge is 2.18. The van der Waals surface area contributed by atoms with Crippen LogP contribution in [0.5, 0.6) is 0 Å². The predicted molar refractivity (Wildman–Crippen MR) is 79.1 cm³/mol. The molecule has 0 radical (unpaired) electrons. The van der Waals surface area contributed by atoms with Gasteiger partial charge in [0.2, 0.25) is 0 Å². The Labute approximate surface area is 117 Å². The molecule has 0 amide bonds. The number of para-hydroxylation sites is 1. The van der Waals surface area contributed by atoms with E-state index in [1.54, 1.807) is 18.2 Å². The maximum absolute atomic E-state index is 13.8. The number of nitrogens with zero attached hydrogens (tertiary/aromatic N) is 1. The Morgan fingerprint density at radius 3 is 2.53 bits per heavy atom. The highest BCUT2D eigenvalue weighted by atomic mass is 35.5.